The van der Waals surface area contributed by atoms with Gasteiger partial charge in [0.1, 0.15) is 0 Å². The van der Waals surface area contributed by atoms with E-state index in [0.717, 1.165) is 19.3 Å². The first-order valence-corrected chi connectivity index (χ1v) is 4.65. The molecule has 2 atom stereocenters. The van der Waals surface area contributed by atoms with Crippen molar-refractivity contribution in [1.29, 1.82) is 0 Å². The molecule has 4 nitrogen and oxygen atoms in total. The normalized spacial score (nSPS) is 30.5. The molecule has 1 aliphatic carbocycles. The van der Waals surface area contributed by atoms with Gasteiger partial charge in [0.2, 0.25) is 0 Å². The largest absolute Gasteiger partial charge is 0.665 e. The van der Waals surface area contributed by atoms with E-state index in [0.29, 0.717) is 6.61 Å². The van der Waals surface area contributed by atoms with Gasteiger partial charge in [0.05, 0.1) is 6.61 Å². The first-order chi connectivity index (χ1) is 6.18. The second-order valence-corrected chi connectivity index (χ2v) is 3.82. The molecule has 1 heterocycles. The molecular formula is C10H19NO3UVWY-2. The Hall–Kier alpha value is 3.27. The Kier molecular flexibility index (Phi) is 19.2. The molecule has 2 radical (unpaired) electrons. The maximum absolute atomic E-state index is 8.33. The maximum Gasteiger partial charge on any atom is 0.180 e. The summed E-state index contributed by atoms with van der Waals surface area (Å²) < 4.78 is 16.2. The second-order valence-electron chi connectivity index (χ2n) is 3.82. The van der Waals surface area contributed by atoms with Crippen molar-refractivity contribution in [2.24, 2.45) is 0 Å². The summed E-state index contributed by atoms with van der Waals surface area (Å²) in [5.74, 6) is -0.839. The number of fused-ring (bicyclic) bond motifs is 1. The summed E-state index contributed by atoms with van der Waals surface area (Å²) >= 11 is 0. The van der Waals surface area contributed by atoms with Crippen LogP contribution in [0.5, 0.6) is 0 Å². The van der Waals surface area contributed by atoms with Crippen LogP contribution in [-0.2, 0) is 86.5 Å². The predicted octanol–water partition coefficient (Wildman–Crippen LogP) is 1.79. The molecule has 102 valence electrons. The Bertz CT molecular complexity index is 227. The Morgan fingerprint density at radius 1 is 1.28 bits per heavy atom. The van der Waals surface area contributed by atoms with E-state index in [-0.39, 0.29) is 117 Å². The summed E-state index contributed by atoms with van der Waals surface area (Å²) in [5, 5.41) is 0. The maximum atomic E-state index is 8.33. The van der Waals surface area contributed by atoms with Crippen LogP contribution in [0.15, 0.2) is 0 Å². The van der Waals surface area contributed by atoms with Crippen LogP contribution in [0.2, 0.25) is 0 Å². The predicted molar refractivity (Wildman–Crippen MR) is 53.8 cm³/mol. The van der Waals surface area contributed by atoms with E-state index in [2.05, 4.69) is 0 Å². The smallest absolute Gasteiger partial charge is 0.180 e. The first-order valence-electron chi connectivity index (χ1n) is 4.65. The fraction of sp³-hybridized carbons (Fsp3) is 0.900. The molecule has 0 amide bonds. The molecule has 2 fully saturated rings. The molecule has 0 aromatic heterocycles. The molecule has 1 saturated heterocycles. The van der Waals surface area contributed by atoms with Crippen molar-refractivity contribution in [3.05, 3.63) is 13.2 Å². The van der Waals surface area contributed by atoms with E-state index >= 15 is 0 Å². The SMILES string of the molecule is COC1(OC)CO[C@@H]2CCC[C@@]21[NH-].[CH3-].[U].[V].[W].[Y]. The van der Waals surface area contributed by atoms with Crippen LogP contribution in [0.1, 0.15) is 19.3 Å². The van der Waals surface area contributed by atoms with Gasteiger partial charge in [-0.2, -0.15) is 0 Å². The Balaban J connectivity index is -0.000000196. The van der Waals surface area contributed by atoms with Crippen molar-refractivity contribution >= 4 is 0 Å². The fourth-order valence-electron chi connectivity index (χ4n) is 2.54. The third kappa shape index (κ3) is 4.63. The summed E-state index contributed by atoms with van der Waals surface area (Å²) in [4.78, 5) is 0. The minimum Gasteiger partial charge on any atom is -0.665 e. The minimum atomic E-state index is -0.839. The van der Waals surface area contributed by atoms with Crippen LogP contribution in [0, 0.1) is 38.5 Å². The van der Waals surface area contributed by atoms with Gasteiger partial charge in [0, 0.05) is 124 Å². The van der Waals surface area contributed by atoms with Crippen LogP contribution in [0.3, 0.4) is 0 Å². The fourth-order valence-corrected chi connectivity index (χ4v) is 2.54. The third-order valence-corrected chi connectivity index (χ3v) is 3.40. The van der Waals surface area contributed by atoms with Crippen LogP contribution < -0.4 is 0 Å². The van der Waals surface area contributed by atoms with E-state index in [1.54, 1.807) is 14.2 Å². The third-order valence-electron chi connectivity index (χ3n) is 3.40. The van der Waals surface area contributed by atoms with E-state index < -0.39 is 11.3 Å². The molecule has 1 aliphatic heterocycles. The zero-order valence-electron chi connectivity index (χ0n) is 11.1. The number of rotatable bonds is 2. The average Bonchev–Trinajstić information content (AvgIpc) is 2.61. The van der Waals surface area contributed by atoms with Gasteiger partial charge in [0.25, 0.3) is 0 Å². The van der Waals surface area contributed by atoms with Gasteiger partial charge < -0.3 is 27.4 Å². The van der Waals surface area contributed by atoms with E-state index in [9.17, 15) is 0 Å². The van der Waals surface area contributed by atoms with Gasteiger partial charge in [-0.15, -0.1) is 0 Å². The first kappa shape index (κ1) is 29.3. The quantitative estimate of drug-likeness (QED) is 0.319. The second kappa shape index (κ2) is 11.8. The van der Waals surface area contributed by atoms with Gasteiger partial charge in [-0.3, -0.25) is 0 Å². The van der Waals surface area contributed by atoms with Crippen molar-refractivity contribution < 1.29 is 118 Å². The van der Waals surface area contributed by atoms with E-state index in [4.69, 9.17) is 19.9 Å². The van der Waals surface area contributed by atoms with Crippen LogP contribution in [-0.4, -0.2) is 38.3 Å². The average molecular weight is 763 g/mol. The van der Waals surface area contributed by atoms with Gasteiger partial charge >= 0.3 is 0 Å². The van der Waals surface area contributed by atoms with Crippen molar-refractivity contribution in [2.75, 3.05) is 20.8 Å². The van der Waals surface area contributed by atoms with Gasteiger partial charge in [-0.1, -0.05) is 12.8 Å². The van der Waals surface area contributed by atoms with Crippen LogP contribution in [0.25, 0.3) is 5.73 Å². The molecule has 0 bridgehead atoms. The molecule has 8 heteroatoms. The van der Waals surface area contributed by atoms with E-state index in [1.165, 1.54) is 0 Å². The Morgan fingerprint density at radius 2 is 1.78 bits per heavy atom. The number of hydrogen-bond acceptors (Lipinski definition) is 3. The molecule has 2 rings (SSSR count). The number of ether oxygens (including phenoxy) is 3. The van der Waals surface area contributed by atoms with Crippen molar-refractivity contribution in [3.8, 4) is 0 Å². The van der Waals surface area contributed by atoms with Crippen molar-refractivity contribution in [3.63, 3.8) is 0 Å². The molecule has 0 spiro atoms. The van der Waals surface area contributed by atoms with E-state index in [1.807, 2.05) is 0 Å². The molecule has 0 aromatic carbocycles. The summed E-state index contributed by atoms with van der Waals surface area (Å²) in [5.41, 5.74) is 7.63. The zero-order chi connectivity index (χ0) is 9.53. The number of methoxy groups -OCH3 is 2. The molecule has 0 unspecified atom stereocenters. The standard InChI is InChI=1S/C9H16NO3.CH3.U.V.W.Y/c1-11-9(12-2)6-13-7-4-3-5-8(7,9)10;;;;;/h7,10H,3-6H2,1-2H3;1H3;;;;/q2*-1;;;;/t7-,8-;;;;;/m1...../s1. The van der Waals surface area contributed by atoms with Crippen LogP contribution >= 0.6 is 0 Å². The van der Waals surface area contributed by atoms with Gasteiger partial charge in [-0.25, -0.2) is 0 Å². The Morgan fingerprint density at radius 3 is 2.22 bits per heavy atom. The summed E-state index contributed by atoms with van der Waals surface area (Å²) in [6.45, 7) is 0.383. The molecule has 2 aliphatic rings. The van der Waals surface area contributed by atoms with Gasteiger partial charge in [-0.05, 0) is 12.0 Å². The number of nitrogens with one attached hydrogen (secondary N) is 1. The molecular weight excluding hydrogens is 744 g/mol. The molecule has 18 heavy (non-hydrogen) atoms. The van der Waals surface area contributed by atoms with Crippen molar-refractivity contribution in [1.82, 2.24) is 0 Å². The van der Waals surface area contributed by atoms with Crippen molar-refractivity contribution in [2.45, 2.75) is 36.7 Å². The van der Waals surface area contributed by atoms with Gasteiger partial charge in [0.15, 0.2) is 5.79 Å². The molecule has 1 saturated carbocycles. The minimum absolute atomic E-state index is 0. The Labute approximate surface area is 185 Å². The molecule has 1 N–H and O–H groups in total. The topological polar surface area (TPSA) is 51.5 Å². The summed E-state index contributed by atoms with van der Waals surface area (Å²) in [6, 6.07) is 0. The molecule has 0 aromatic rings. The monoisotopic (exact) mass is 763 g/mol. The zero-order valence-corrected chi connectivity index (χ0v) is 22.4. The number of hydrogen-bond donors (Lipinski definition) is 0. The van der Waals surface area contributed by atoms with Crippen LogP contribution in [0.4, 0.5) is 0 Å². The summed E-state index contributed by atoms with van der Waals surface area (Å²) in [7, 11) is 3.17. The summed E-state index contributed by atoms with van der Waals surface area (Å²) in [6.07, 6.45) is 2.78.